The van der Waals surface area contributed by atoms with E-state index < -0.39 is 11.4 Å². The van der Waals surface area contributed by atoms with Gasteiger partial charge in [-0.15, -0.1) is 0 Å². The second-order valence-electron chi connectivity index (χ2n) is 5.60. The first-order chi connectivity index (χ1) is 8.74. The molecule has 3 nitrogen and oxygen atoms in total. The van der Waals surface area contributed by atoms with Gasteiger partial charge in [0.25, 0.3) is 0 Å². The third-order valence-corrected chi connectivity index (χ3v) is 4.57. The number of carboxylic acids is 1. The van der Waals surface area contributed by atoms with Crippen LogP contribution in [0.1, 0.15) is 30.7 Å². The van der Waals surface area contributed by atoms with Gasteiger partial charge in [-0.2, -0.15) is 0 Å². The number of nitrogens with one attached hydrogen (secondary N) is 1. The van der Waals surface area contributed by atoms with Crippen molar-refractivity contribution in [2.75, 3.05) is 13.1 Å². The molecule has 1 aliphatic heterocycles. The Kier molecular flexibility index (Phi) is 2.86. The van der Waals surface area contributed by atoms with E-state index in [-0.39, 0.29) is 0 Å². The molecule has 1 saturated heterocycles. The van der Waals surface area contributed by atoms with Crippen LogP contribution >= 0.6 is 0 Å². The van der Waals surface area contributed by atoms with E-state index in [0.717, 1.165) is 25.8 Å². The summed E-state index contributed by atoms with van der Waals surface area (Å²) in [5, 5.41) is 12.9. The molecule has 1 aromatic carbocycles. The van der Waals surface area contributed by atoms with E-state index in [4.69, 9.17) is 0 Å². The fraction of sp³-hybridized carbons (Fsp3) is 0.533. The Morgan fingerprint density at radius 3 is 2.72 bits per heavy atom. The summed E-state index contributed by atoms with van der Waals surface area (Å²) in [6, 6.07) is 10.3. The zero-order valence-electron chi connectivity index (χ0n) is 10.4. The maximum Gasteiger partial charge on any atom is 0.311 e. The summed E-state index contributed by atoms with van der Waals surface area (Å²) in [5.41, 5.74) is 0.771. The smallest absolute Gasteiger partial charge is 0.311 e. The molecule has 1 saturated carbocycles. The van der Waals surface area contributed by atoms with Gasteiger partial charge in [0.05, 0.1) is 5.41 Å². The van der Waals surface area contributed by atoms with Gasteiger partial charge in [-0.25, -0.2) is 0 Å². The van der Waals surface area contributed by atoms with Crippen LogP contribution in [-0.2, 0) is 4.79 Å². The third-order valence-electron chi connectivity index (χ3n) is 4.57. The van der Waals surface area contributed by atoms with Crippen LogP contribution in [0.5, 0.6) is 0 Å². The summed E-state index contributed by atoms with van der Waals surface area (Å²) >= 11 is 0. The van der Waals surface area contributed by atoms with Gasteiger partial charge in [0.15, 0.2) is 0 Å². The predicted molar refractivity (Wildman–Crippen MR) is 69.5 cm³/mol. The first-order valence-corrected chi connectivity index (χ1v) is 6.73. The fourth-order valence-corrected chi connectivity index (χ4v) is 3.46. The van der Waals surface area contributed by atoms with Crippen molar-refractivity contribution < 1.29 is 9.90 Å². The molecule has 1 aliphatic carbocycles. The van der Waals surface area contributed by atoms with Crippen molar-refractivity contribution in [3.8, 4) is 0 Å². The molecule has 0 amide bonds. The van der Waals surface area contributed by atoms with Gasteiger partial charge in [-0.3, -0.25) is 4.79 Å². The minimum atomic E-state index is -0.613. The Morgan fingerprint density at radius 2 is 2.11 bits per heavy atom. The second-order valence-corrected chi connectivity index (χ2v) is 5.60. The minimum Gasteiger partial charge on any atom is -0.481 e. The molecule has 18 heavy (non-hydrogen) atoms. The number of carboxylic acid groups (broad SMARTS) is 1. The van der Waals surface area contributed by atoms with Crippen molar-refractivity contribution in [2.24, 2.45) is 11.3 Å². The van der Waals surface area contributed by atoms with Gasteiger partial charge in [0.1, 0.15) is 0 Å². The second kappa shape index (κ2) is 4.39. The lowest BCUT2D eigenvalue weighted by atomic mass is 9.75. The van der Waals surface area contributed by atoms with Crippen LogP contribution < -0.4 is 5.32 Å². The Balaban J connectivity index is 1.81. The van der Waals surface area contributed by atoms with Gasteiger partial charge in [-0.1, -0.05) is 30.3 Å². The van der Waals surface area contributed by atoms with E-state index in [0.29, 0.717) is 18.4 Å². The molecule has 3 atom stereocenters. The van der Waals surface area contributed by atoms with Gasteiger partial charge in [0.2, 0.25) is 0 Å². The zero-order valence-corrected chi connectivity index (χ0v) is 10.4. The van der Waals surface area contributed by atoms with Crippen LogP contribution in [0.25, 0.3) is 0 Å². The van der Waals surface area contributed by atoms with E-state index in [1.807, 2.05) is 18.2 Å². The Morgan fingerprint density at radius 1 is 1.33 bits per heavy atom. The van der Waals surface area contributed by atoms with Crippen LogP contribution in [0.15, 0.2) is 30.3 Å². The molecule has 3 heteroatoms. The molecule has 0 bridgehead atoms. The molecule has 3 rings (SSSR count). The number of rotatable bonds is 3. The molecule has 2 N–H and O–H groups in total. The van der Waals surface area contributed by atoms with E-state index in [9.17, 15) is 9.90 Å². The van der Waals surface area contributed by atoms with Gasteiger partial charge < -0.3 is 10.4 Å². The molecule has 0 aromatic heterocycles. The van der Waals surface area contributed by atoms with E-state index in [1.165, 1.54) is 5.56 Å². The molecular weight excluding hydrogens is 226 g/mol. The molecule has 1 heterocycles. The maximum atomic E-state index is 11.7. The number of aliphatic carboxylic acids is 1. The minimum absolute atomic E-state index is 0.310. The molecule has 1 aromatic rings. The topological polar surface area (TPSA) is 49.3 Å². The number of hydrogen-bond acceptors (Lipinski definition) is 2. The highest BCUT2D eigenvalue weighted by Crippen LogP contribution is 2.59. The third kappa shape index (κ3) is 1.83. The lowest BCUT2D eigenvalue weighted by molar-refractivity contribution is -0.151. The summed E-state index contributed by atoms with van der Waals surface area (Å²) < 4.78 is 0. The van der Waals surface area contributed by atoms with E-state index in [1.54, 1.807) is 0 Å². The number of carbonyl (C=O) groups is 1. The highest BCUT2D eigenvalue weighted by molar-refractivity contribution is 5.76. The molecule has 2 aliphatic rings. The Bertz CT molecular complexity index is 437. The van der Waals surface area contributed by atoms with Crippen LogP contribution in [0.4, 0.5) is 0 Å². The fourth-order valence-electron chi connectivity index (χ4n) is 3.46. The maximum absolute atomic E-state index is 11.7. The van der Waals surface area contributed by atoms with E-state index >= 15 is 0 Å². The summed E-state index contributed by atoms with van der Waals surface area (Å²) in [6.45, 7) is 1.59. The largest absolute Gasteiger partial charge is 0.481 e. The first-order valence-electron chi connectivity index (χ1n) is 6.73. The molecule has 3 unspecified atom stereocenters. The lowest BCUT2D eigenvalue weighted by Gasteiger charge is -2.34. The average Bonchev–Trinajstić information content (AvgIpc) is 3.21. The monoisotopic (exact) mass is 245 g/mol. The standard InChI is InChI=1S/C15H19NO2/c17-14(18)15(7-4-8-16-10-15)13-9-12(13)11-5-2-1-3-6-11/h1-3,5-6,12-13,16H,4,7-10H2,(H,17,18). The zero-order chi connectivity index (χ0) is 12.6. The molecule has 0 spiro atoms. The number of piperidine rings is 1. The lowest BCUT2D eigenvalue weighted by Crippen LogP contribution is -2.47. The molecule has 0 radical (unpaired) electrons. The summed E-state index contributed by atoms with van der Waals surface area (Å²) in [4.78, 5) is 11.7. The van der Waals surface area contributed by atoms with Crippen molar-refractivity contribution in [3.05, 3.63) is 35.9 Å². The van der Waals surface area contributed by atoms with Crippen molar-refractivity contribution in [1.82, 2.24) is 5.32 Å². The normalized spacial score (nSPS) is 35.1. The van der Waals surface area contributed by atoms with Gasteiger partial charge in [0, 0.05) is 6.54 Å². The SMILES string of the molecule is O=C(O)C1(C2CC2c2ccccc2)CCCNC1. The summed E-state index contributed by atoms with van der Waals surface area (Å²) in [7, 11) is 0. The average molecular weight is 245 g/mol. The quantitative estimate of drug-likeness (QED) is 0.858. The van der Waals surface area contributed by atoms with Gasteiger partial charge in [-0.05, 0) is 43.2 Å². The van der Waals surface area contributed by atoms with Crippen LogP contribution in [0, 0.1) is 11.3 Å². The van der Waals surface area contributed by atoms with Gasteiger partial charge >= 0.3 is 5.97 Å². The highest BCUT2D eigenvalue weighted by Gasteiger charge is 2.57. The highest BCUT2D eigenvalue weighted by atomic mass is 16.4. The predicted octanol–water partition coefficient (Wildman–Crippen LogP) is 2.24. The number of hydrogen-bond donors (Lipinski definition) is 2. The Labute approximate surface area is 107 Å². The van der Waals surface area contributed by atoms with Crippen molar-refractivity contribution >= 4 is 5.97 Å². The number of benzene rings is 1. The van der Waals surface area contributed by atoms with Crippen molar-refractivity contribution in [3.63, 3.8) is 0 Å². The molecule has 96 valence electrons. The molecular formula is C15H19NO2. The first kappa shape index (κ1) is 11.7. The van der Waals surface area contributed by atoms with E-state index in [2.05, 4.69) is 17.4 Å². The summed E-state index contributed by atoms with van der Waals surface area (Å²) in [5.74, 6) is 0.144. The van der Waals surface area contributed by atoms with Crippen LogP contribution in [0.2, 0.25) is 0 Å². The van der Waals surface area contributed by atoms with Crippen LogP contribution in [-0.4, -0.2) is 24.2 Å². The van der Waals surface area contributed by atoms with Crippen molar-refractivity contribution in [2.45, 2.75) is 25.2 Å². The van der Waals surface area contributed by atoms with Crippen molar-refractivity contribution in [1.29, 1.82) is 0 Å². The molecule has 2 fully saturated rings. The van der Waals surface area contributed by atoms with Crippen LogP contribution in [0.3, 0.4) is 0 Å². The summed E-state index contributed by atoms with van der Waals surface area (Å²) in [6.07, 6.45) is 2.83. The Hall–Kier alpha value is -1.35.